The normalized spacial score (nSPS) is 15.6. The van der Waals surface area contributed by atoms with Gasteiger partial charge in [0.2, 0.25) is 0 Å². The zero-order valence-electron chi connectivity index (χ0n) is 28.3. The molecule has 8 bridgehead atoms. The number of aryl methyl sites for hydroxylation is 2. The maximum atomic E-state index is 17.5. The van der Waals surface area contributed by atoms with Crippen LogP contribution in [-0.2, 0) is 0 Å². The molecule has 7 aromatic rings. The number of nitrogens with zero attached hydrogens (tertiary/aromatic N) is 2. The van der Waals surface area contributed by atoms with E-state index >= 15 is 8.63 Å². The van der Waals surface area contributed by atoms with E-state index in [1.165, 1.54) is 8.96 Å². The highest BCUT2D eigenvalue weighted by atomic mass is 19.2. The number of nitrogens with one attached hydrogen (secondary N) is 2. The van der Waals surface area contributed by atoms with E-state index in [0.29, 0.717) is 55.5 Å². The highest BCUT2D eigenvalue weighted by Gasteiger charge is 2.53. The van der Waals surface area contributed by atoms with Crippen molar-refractivity contribution in [1.29, 1.82) is 0 Å². The van der Waals surface area contributed by atoms with Gasteiger partial charge in [-0.2, -0.15) is 0 Å². The Morgan fingerprint density at radius 1 is 0.558 bits per heavy atom. The predicted octanol–water partition coefficient (Wildman–Crippen LogP) is 5.42. The van der Waals surface area contributed by atoms with Crippen LogP contribution in [0.5, 0.6) is 5.75 Å². The van der Waals surface area contributed by atoms with Gasteiger partial charge in [0.15, 0.2) is 11.4 Å². The molecule has 0 saturated carbocycles. The van der Waals surface area contributed by atoms with Crippen LogP contribution in [0.2, 0.25) is 0 Å². The number of fused-ring (bicyclic) bond motifs is 6. The number of aromatic amines is 2. The number of hydrogen-bond donors (Lipinski definition) is 3. The molecule has 3 aliphatic rings. The fourth-order valence-corrected chi connectivity index (χ4v) is 7.87. The number of allylic oxidation sites excluding steroid dienone is 1. The molecule has 4 aromatic heterocycles. The number of benzene rings is 3. The van der Waals surface area contributed by atoms with E-state index in [1.54, 1.807) is 48.6 Å². The smallest absolute Gasteiger partial charge is 0.508 e. The molecular weight excluding hydrogens is 653 g/mol. The lowest BCUT2D eigenvalue weighted by Crippen LogP contribution is -2.56. The second-order valence-corrected chi connectivity index (χ2v) is 13.7. The van der Waals surface area contributed by atoms with Crippen LogP contribution in [-0.4, -0.2) is 36.7 Å². The summed E-state index contributed by atoms with van der Waals surface area (Å²) < 4.78 is 44.2. The molecule has 0 unspecified atom stereocenters. The van der Waals surface area contributed by atoms with Crippen molar-refractivity contribution in [3.63, 3.8) is 0 Å². The highest BCUT2D eigenvalue weighted by molar-refractivity contribution is 6.59. The van der Waals surface area contributed by atoms with Crippen molar-refractivity contribution < 1.29 is 22.6 Å². The Morgan fingerprint density at radius 2 is 1.06 bits per heavy atom. The summed E-state index contributed by atoms with van der Waals surface area (Å²) in [4.78, 5) is 7.02. The van der Waals surface area contributed by atoms with Crippen LogP contribution >= 0.6 is 0 Å². The van der Waals surface area contributed by atoms with Crippen molar-refractivity contribution in [2.45, 2.75) is 13.8 Å². The van der Waals surface area contributed by atoms with E-state index in [2.05, 4.69) is 58.5 Å². The van der Waals surface area contributed by atoms with Crippen molar-refractivity contribution in [3.05, 3.63) is 205 Å². The topological polar surface area (TPSA) is 72.9 Å². The number of phenols is 1. The number of hydrogen-bond acceptors (Lipinski definition) is 2. The maximum Gasteiger partial charge on any atom is 0.738 e. The SMILES string of the molecule is Cc1ccc(C2=c3ccc([nH]3)=C3C=CC4=[N+]3[B-](F)(F)n3c(ccc3=c3ccc([nH]3)=C(c3ccc(C)cc3)c3ccc2o3)=C4c2ccc(O)cc2)cc1. The summed E-state index contributed by atoms with van der Waals surface area (Å²) in [5.41, 5.74) is 7.83. The summed E-state index contributed by atoms with van der Waals surface area (Å²) in [6, 6.07) is 38.2. The van der Waals surface area contributed by atoms with Gasteiger partial charge in [-0.1, -0.05) is 71.8 Å². The molecule has 9 heteroatoms. The van der Waals surface area contributed by atoms with E-state index in [-0.39, 0.29) is 5.75 Å². The van der Waals surface area contributed by atoms with E-state index in [0.717, 1.165) is 44.1 Å². The average Bonchev–Trinajstić information content (AvgIpc) is 3.98. The lowest BCUT2D eigenvalue weighted by Gasteiger charge is -2.29. The lowest BCUT2D eigenvalue weighted by molar-refractivity contribution is -0.318. The van der Waals surface area contributed by atoms with Gasteiger partial charge >= 0.3 is 6.97 Å². The molecule has 6 nitrogen and oxygen atoms in total. The second-order valence-electron chi connectivity index (χ2n) is 13.7. The molecular formula is C43H31BF2N4O2. The molecule has 3 aromatic carbocycles. The Hall–Kier alpha value is -6.61. The van der Waals surface area contributed by atoms with Gasteiger partial charge < -0.3 is 37.1 Å². The van der Waals surface area contributed by atoms with Crippen molar-refractivity contribution in [3.8, 4) is 5.75 Å². The Balaban J connectivity index is 1.41. The average molecular weight is 685 g/mol. The van der Waals surface area contributed by atoms with Gasteiger partial charge in [0, 0.05) is 34.0 Å². The largest absolute Gasteiger partial charge is 0.738 e. The maximum absolute atomic E-state index is 17.5. The molecule has 0 fully saturated rings. The molecule has 0 aliphatic carbocycles. The first-order valence-corrected chi connectivity index (χ1v) is 17.2. The number of phenolic OH excluding ortho intramolecular Hbond substituents is 1. The van der Waals surface area contributed by atoms with Crippen LogP contribution in [0.3, 0.4) is 0 Å². The third-order valence-electron chi connectivity index (χ3n) is 10.4. The van der Waals surface area contributed by atoms with Crippen LogP contribution in [0, 0.1) is 24.5 Å². The number of aromatic hydroxyl groups is 1. The quantitative estimate of drug-likeness (QED) is 0.218. The standard InChI is InChI=1S/C43H31BF2N4O2/c1-25-3-7-27(8-4-25)41-33-17-15-31(47-33)35-19-21-37-43(29-11-13-30(51)14-12-29)38-22-20-36(50(38)44(45,46)49(35)37)32-16-18-34(48-32)42(40-24-23-39(41)52-40)28-9-5-26(2)6-10-28/h3-24,47-48,51H,1-2H3. The van der Waals surface area contributed by atoms with Gasteiger partial charge in [0.1, 0.15) is 22.6 Å². The molecule has 3 aliphatic heterocycles. The third-order valence-corrected chi connectivity index (χ3v) is 10.4. The van der Waals surface area contributed by atoms with Crippen LogP contribution in [0.15, 0.2) is 138 Å². The molecule has 252 valence electrons. The van der Waals surface area contributed by atoms with E-state index < -0.39 is 6.97 Å². The summed E-state index contributed by atoms with van der Waals surface area (Å²) in [7, 11) is 0. The Morgan fingerprint density at radius 3 is 1.67 bits per heavy atom. The van der Waals surface area contributed by atoms with Crippen LogP contribution in [0.1, 0.15) is 39.3 Å². The molecule has 0 atom stereocenters. The van der Waals surface area contributed by atoms with E-state index in [1.807, 2.05) is 50.2 Å². The van der Waals surface area contributed by atoms with Crippen LogP contribution < -0.4 is 21.4 Å². The summed E-state index contributed by atoms with van der Waals surface area (Å²) in [6.45, 7) is -0.312. The molecule has 52 heavy (non-hydrogen) atoms. The summed E-state index contributed by atoms with van der Waals surface area (Å²) in [6.07, 6.45) is 3.51. The number of halogens is 2. The van der Waals surface area contributed by atoms with E-state index in [4.69, 9.17) is 4.42 Å². The molecule has 10 rings (SSSR count). The Labute approximate surface area is 296 Å². The molecule has 3 N–H and O–H groups in total. The lowest BCUT2D eigenvalue weighted by atomic mass is 9.88. The summed E-state index contributed by atoms with van der Waals surface area (Å²) >= 11 is 0. The van der Waals surface area contributed by atoms with Crippen LogP contribution in [0.25, 0.3) is 22.4 Å². The monoisotopic (exact) mass is 684 g/mol. The minimum Gasteiger partial charge on any atom is -0.508 e. The summed E-state index contributed by atoms with van der Waals surface area (Å²) in [5, 5.41) is 13.4. The molecule has 0 saturated heterocycles. The fraction of sp³-hybridized carbons (Fsp3) is 0.0465. The number of furan rings is 1. The molecule has 0 amide bonds. The minimum atomic E-state index is -4.40. The van der Waals surface area contributed by atoms with Gasteiger partial charge in [0.05, 0.1) is 21.6 Å². The van der Waals surface area contributed by atoms with Crippen molar-refractivity contribution >= 4 is 35.1 Å². The van der Waals surface area contributed by atoms with Gasteiger partial charge in [-0.05, 0) is 91.2 Å². The zero-order valence-corrected chi connectivity index (χ0v) is 28.3. The fourth-order valence-electron chi connectivity index (χ4n) is 7.87. The molecule has 7 heterocycles. The van der Waals surface area contributed by atoms with Crippen molar-refractivity contribution in [1.82, 2.24) is 14.4 Å². The Bertz CT molecular complexity index is 3050. The Kier molecular flexibility index (Phi) is 6.36. The molecule has 0 spiro atoms. The first-order chi connectivity index (χ1) is 25.2. The molecule has 0 radical (unpaired) electrons. The van der Waals surface area contributed by atoms with E-state index in [9.17, 15) is 5.11 Å². The zero-order chi connectivity index (χ0) is 35.3. The van der Waals surface area contributed by atoms with Crippen molar-refractivity contribution in [2.24, 2.45) is 0 Å². The van der Waals surface area contributed by atoms with Gasteiger partial charge in [-0.25, -0.2) is 0 Å². The van der Waals surface area contributed by atoms with Crippen LogP contribution in [0.4, 0.5) is 8.63 Å². The number of rotatable bonds is 3. The summed E-state index contributed by atoms with van der Waals surface area (Å²) in [5.74, 6) is 1.39. The van der Waals surface area contributed by atoms with Crippen molar-refractivity contribution in [2.75, 3.05) is 0 Å². The number of H-pyrrole nitrogens is 2. The predicted molar refractivity (Wildman–Crippen MR) is 198 cm³/mol. The first kappa shape index (κ1) is 30.2. The second kappa shape index (κ2) is 10.9. The van der Waals surface area contributed by atoms with Gasteiger partial charge in [-0.15, -0.1) is 0 Å². The van der Waals surface area contributed by atoms with Gasteiger partial charge in [0.25, 0.3) is 0 Å². The van der Waals surface area contributed by atoms with Gasteiger partial charge in [-0.3, -0.25) is 0 Å². The third kappa shape index (κ3) is 4.45. The highest BCUT2D eigenvalue weighted by Crippen LogP contribution is 2.32. The minimum absolute atomic E-state index is 0.102. The first-order valence-electron chi connectivity index (χ1n) is 17.2. The number of aromatic nitrogens is 3.